The van der Waals surface area contributed by atoms with E-state index in [9.17, 15) is 22.4 Å². The fourth-order valence-electron chi connectivity index (χ4n) is 3.02. The number of halogens is 4. The van der Waals surface area contributed by atoms with Crippen LogP contribution in [0.2, 0.25) is 0 Å². The molecule has 1 saturated heterocycles. The van der Waals surface area contributed by atoms with Gasteiger partial charge in [0.25, 0.3) is 0 Å². The molecule has 0 radical (unpaired) electrons. The van der Waals surface area contributed by atoms with Crippen LogP contribution in [0.5, 0.6) is 0 Å². The number of benzene rings is 1. The Morgan fingerprint density at radius 1 is 1.15 bits per heavy atom. The topological polar surface area (TPSA) is 45.2 Å². The summed E-state index contributed by atoms with van der Waals surface area (Å²) in [7, 11) is 1.63. The third-order valence-corrected chi connectivity index (χ3v) is 4.61. The summed E-state index contributed by atoms with van der Waals surface area (Å²) in [6.45, 7) is 0.875. The van der Waals surface area contributed by atoms with Gasteiger partial charge in [-0.1, -0.05) is 12.1 Å². The van der Waals surface area contributed by atoms with E-state index in [-0.39, 0.29) is 12.3 Å². The van der Waals surface area contributed by atoms with Crippen LogP contribution in [0.15, 0.2) is 42.6 Å². The van der Waals surface area contributed by atoms with Crippen molar-refractivity contribution in [3.8, 4) is 11.1 Å². The highest BCUT2D eigenvalue weighted by molar-refractivity contribution is 5.76. The van der Waals surface area contributed by atoms with Gasteiger partial charge in [0.15, 0.2) is 0 Å². The number of alkyl halides is 4. The lowest BCUT2D eigenvalue weighted by Crippen LogP contribution is -2.43. The summed E-state index contributed by atoms with van der Waals surface area (Å²) in [6.07, 6.45) is -4.61. The van der Waals surface area contributed by atoms with E-state index in [0.717, 1.165) is 12.1 Å². The average Bonchev–Trinajstić information content (AvgIpc) is 2.63. The van der Waals surface area contributed by atoms with Gasteiger partial charge in [0.2, 0.25) is 5.91 Å². The molecule has 2 atom stereocenters. The first kappa shape index (κ1) is 19.3. The molecule has 1 amide bonds. The summed E-state index contributed by atoms with van der Waals surface area (Å²) < 4.78 is 52.8. The summed E-state index contributed by atoms with van der Waals surface area (Å²) in [4.78, 5) is 17.6. The van der Waals surface area contributed by atoms with Crippen LogP contribution in [0.25, 0.3) is 11.1 Å². The smallest absolute Gasteiger partial charge is 0.344 e. The van der Waals surface area contributed by atoms with Crippen molar-refractivity contribution in [3.05, 3.63) is 53.9 Å². The number of hydrogen-bond donors (Lipinski definition) is 1. The predicted octanol–water partition coefficient (Wildman–Crippen LogP) is 3.60. The first-order chi connectivity index (χ1) is 12.8. The van der Waals surface area contributed by atoms with E-state index >= 15 is 0 Å². The molecule has 27 heavy (non-hydrogen) atoms. The highest BCUT2D eigenvalue weighted by atomic mass is 19.4. The molecule has 1 aromatic heterocycles. The van der Waals surface area contributed by atoms with Gasteiger partial charge < -0.3 is 10.2 Å². The second-order valence-corrected chi connectivity index (χ2v) is 6.51. The Balaban J connectivity index is 1.85. The van der Waals surface area contributed by atoms with Crippen molar-refractivity contribution in [2.24, 2.45) is 0 Å². The van der Waals surface area contributed by atoms with Crippen LogP contribution in [-0.4, -0.2) is 42.1 Å². The molecule has 0 bridgehead atoms. The summed E-state index contributed by atoms with van der Waals surface area (Å²) >= 11 is 0. The van der Waals surface area contributed by atoms with Crippen molar-refractivity contribution in [1.82, 2.24) is 15.2 Å². The van der Waals surface area contributed by atoms with Gasteiger partial charge in [-0.25, -0.2) is 4.39 Å². The van der Waals surface area contributed by atoms with Crippen LogP contribution < -0.4 is 5.32 Å². The number of nitrogens with zero attached hydrogens (tertiary/aromatic N) is 2. The summed E-state index contributed by atoms with van der Waals surface area (Å²) in [5, 5.41) is 3.07. The van der Waals surface area contributed by atoms with Crippen LogP contribution in [-0.2, 0) is 11.0 Å². The van der Waals surface area contributed by atoms with Gasteiger partial charge in [-0.2, -0.15) is 13.2 Å². The fourth-order valence-corrected chi connectivity index (χ4v) is 3.02. The molecule has 4 nitrogen and oxygen atoms in total. The van der Waals surface area contributed by atoms with Crippen LogP contribution in [0, 0.1) is 0 Å². The minimum Gasteiger partial charge on any atom is -0.344 e. The Bertz CT molecular complexity index is 807. The molecule has 144 valence electrons. The molecule has 3 rings (SSSR count). The van der Waals surface area contributed by atoms with Crippen LogP contribution in [0.3, 0.4) is 0 Å². The molecule has 2 aromatic rings. The van der Waals surface area contributed by atoms with Gasteiger partial charge >= 0.3 is 6.18 Å². The SMILES string of the molecule is CN1CCN[C@@H](c2cc(-c3ccc(C(F)(F)F)cc3)ccn2)[C@H](F)CC1=O. The van der Waals surface area contributed by atoms with E-state index in [4.69, 9.17) is 0 Å². The largest absolute Gasteiger partial charge is 0.416 e. The number of nitrogens with one attached hydrogen (secondary N) is 1. The molecule has 1 fully saturated rings. The summed E-state index contributed by atoms with van der Waals surface area (Å²) in [5.41, 5.74) is 0.892. The maximum absolute atomic E-state index is 14.6. The number of carbonyl (C=O) groups is 1. The van der Waals surface area contributed by atoms with Crippen molar-refractivity contribution in [2.75, 3.05) is 20.1 Å². The van der Waals surface area contributed by atoms with Crippen molar-refractivity contribution in [2.45, 2.75) is 24.8 Å². The maximum Gasteiger partial charge on any atom is 0.416 e. The zero-order valence-electron chi connectivity index (χ0n) is 14.6. The van der Waals surface area contributed by atoms with E-state index in [0.29, 0.717) is 29.9 Å². The number of likely N-dealkylation sites (N-methyl/N-ethyl adjacent to an activating group) is 1. The van der Waals surface area contributed by atoms with Gasteiger partial charge in [0.1, 0.15) is 6.17 Å². The Hall–Kier alpha value is -2.48. The first-order valence-electron chi connectivity index (χ1n) is 8.50. The number of aromatic nitrogens is 1. The quantitative estimate of drug-likeness (QED) is 0.809. The highest BCUT2D eigenvalue weighted by Gasteiger charge is 2.31. The molecule has 2 heterocycles. The number of pyridine rings is 1. The van der Waals surface area contributed by atoms with Gasteiger partial charge in [0.05, 0.1) is 23.7 Å². The standard InChI is InChI=1S/C19H19F4N3O/c1-26-9-8-25-18(15(20)11-17(26)27)16-10-13(6-7-24-16)12-2-4-14(5-3-12)19(21,22)23/h2-7,10,15,18,25H,8-9,11H2,1H3/t15-,18-/m1/s1. The van der Waals surface area contributed by atoms with Crippen molar-refractivity contribution in [3.63, 3.8) is 0 Å². The number of rotatable bonds is 2. The Morgan fingerprint density at radius 3 is 2.52 bits per heavy atom. The Morgan fingerprint density at radius 2 is 1.85 bits per heavy atom. The summed E-state index contributed by atoms with van der Waals surface area (Å²) in [5.74, 6) is -0.270. The zero-order valence-corrected chi connectivity index (χ0v) is 14.6. The van der Waals surface area contributed by atoms with E-state index in [2.05, 4.69) is 10.3 Å². The molecule has 0 spiro atoms. The molecule has 1 aliphatic heterocycles. The van der Waals surface area contributed by atoms with Gasteiger partial charge in [-0.15, -0.1) is 0 Å². The second kappa shape index (κ2) is 7.64. The lowest BCUT2D eigenvalue weighted by molar-refractivity contribution is -0.137. The number of hydrogen-bond acceptors (Lipinski definition) is 3. The molecule has 1 N–H and O–H groups in total. The lowest BCUT2D eigenvalue weighted by Gasteiger charge is -2.28. The van der Waals surface area contributed by atoms with Crippen molar-refractivity contribution < 1.29 is 22.4 Å². The van der Waals surface area contributed by atoms with Crippen molar-refractivity contribution >= 4 is 5.91 Å². The molecule has 8 heteroatoms. The summed E-state index contributed by atoms with van der Waals surface area (Å²) in [6, 6.07) is 7.31. The van der Waals surface area contributed by atoms with E-state index in [1.807, 2.05) is 0 Å². The average molecular weight is 381 g/mol. The third kappa shape index (κ3) is 4.44. The third-order valence-electron chi connectivity index (χ3n) is 4.61. The molecule has 1 aromatic carbocycles. The maximum atomic E-state index is 14.6. The van der Waals surface area contributed by atoms with Gasteiger partial charge in [0, 0.05) is 26.3 Å². The normalized spacial score (nSPS) is 21.7. The molecular weight excluding hydrogens is 362 g/mol. The van der Waals surface area contributed by atoms with Crippen LogP contribution >= 0.6 is 0 Å². The monoisotopic (exact) mass is 381 g/mol. The van der Waals surface area contributed by atoms with E-state index in [1.54, 1.807) is 19.2 Å². The molecule has 0 unspecified atom stereocenters. The number of amides is 1. The fraction of sp³-hybridized carbons (Fsp3) is 0.368. The minimum atomic E-state index is -4.40. The van der Waals surface area contributed by atoms with Crippen LogP contribution in [0.4, 0.5) is 17.6 Å². The van der Waals surface area contributed by atoms with E-state index in [1.165, 1.54) is 23.2 Å². The first-order valence-corrected chi connectivity index (χ1v) is 8.50. The van der Waals surface area contributed by atoms with Crippen LogP contribution in [0.1, 0.15) is 23.7 Å². The molecule has 1 aliphatic rings. The Kier molecular flexibility index (Phi) is 5.46. The molecular formula is C19H19F4N3O. The predicted molar refractivity (Wildman–Crippen MR) is 92.6 cm³/mol. The lowest BCUT2D eigenvalue weighted by atomic mass is 9.99. The second-order valence-electron chi connectivity index (χ2n) is 6.51. The molecule has 0 saturated carbocycles. The number of carbonyl (C=O) groups excluding carboxylic acids is 1. The van der Waals surface area contributed by atoms with Gasteiger partial charge in [-0.3, -0.25) is 9.78 Å². The minimum absolute atomic E-state index is 0.250. The van der Waals surface area contributed by atoms with Crippen molar-refractivity contribution in [1.29, 1.82) is 0 Å². The Labute approximate surface area is 154 Å². The molecule has 0 aliphatic carbocycles. The highest BCUT2D eigenvalue weighted by Crippen LogP contribution is 2.32. The van der Waals surface area contributed by atoms with Gasteiger partial charge in [-0.05, 0) is 35.4 Å². The van der Waals surface area contributed by atoms with E-state index < -0.39 is 24.0 Å². The zero-order chi connectivity index (χ0) is 19.6.